The van der Waals surface area contributed by atoms with Crippen LogP contribution in [0.3, 0.4) is 0 Å². The number of rotatable bonds is 0. The number of phenolic OH excluding ortho intramolecular Hbond substituents is 4. The maximum absolute atomic E-state index is 9.31. The lowest BCUT2D eigenvalue weighted by atomic mass is 10.2. The van der Waals surface area contributed by atoms with E-state index in [0.29, 0.717) is 22.1 Å². The first-order chi connectivity index (χ1) is 21.5. The molecule has 4 heterocycles. The van der Waals surface area contributed by atoms with Crippen LogP contribution in [-0.4, -0.2) is 48.8 Å². The first-order valence-electron chi connectivity index (χ1n) is 13.6. The van der Waals surface area contributed by atoms with Gasteiger partial charge in [0.1, 0.15) is 45.1 Å². The summed E-state index contributed by atoms with van der Waals surface area (Å²) in [5.74, 6) is 0.956. The molecule has 0 aliphatic heterocycles. The molecule has 9 heteroatoms. The third kappa shape index (κ3) is 8.00. The summed E-state index contributed by atoms with van der Waals surface area (Å²) in [4.78, 5) is 16.1. The molecule has 3 radical (unpaired) electrons. The molecule has 0 saturated heterocycles. The number of aromatic nitrogens is 4. The second kappa shape index (κ2) is 15.3. The highest BCUT2D eigenvalue weighted by molar-refractivity contribution is 5.85. The second-order valence-corrected chi connectivity index (χ2v) is 9.41. The molecule has 0 aliphatic rings. The molecule has 4 aromatic carbocycles. The molecule has 8 nitrogen and oxygen atoms in total. The fraction of sp³-hybridized carbons (Fsp3) is 0. The zero-order chi connectivity index (χ0) is 30.7. The van der Waals surface area contributed by atoms with Gasteiger partial charge in [0.15, 0.2) is 0 Å². The van der Waals surface area contributed by atoms with Crippen LogP contribution in [0.25, 0.3) is 43.6 Å². The predicted molar refractivity (Wildman–Crippen MR) is 179 cm³/mol. The predicted octanol–water partition coefficient (Wildman–Crippen LogP) is 7.38. The number of aromatic hydroxyl groups is 4. The molecule has 0 bridgehead atoms. The molecular weight excluding hydrogens is 563 g/mol. The number of pyridine rings is 4. The van der Waals surface area contributed by atoms with Gasteiger partial charge >= 0.3 is 0 Å². The van der Waals surface area contributed by atoms with Gasteiger partial charge in [0, 0.05) is 54.7 Å². The van der Waals surface area contributed by atoms with Gasteiger partial charge in [-0.25, -0.2) is 0 Å². The van der Waals surface area contributed by atoms with E-state index in [-0.39, 0.29) is 31.4 Å². The number of benzene rings is 4. The monoisotopic (exact) mass is 591 g/mol. The van der Waals surface area contributed by atoms with Crippen molar-refractivity contribution in [1.29, 1.82) is 0 Å². The molecule has 0 atom stereocenters. The van der Waals surface area contributed by atoms with Crippen LogP contribution in [0.1, 0.15) is 0 Å². The van der Waals surface area contributed by atoms with Crippen LogP contribution in [0.5, 0.6) is 23.0 Å². The summed E-state index contributed by atoms with van der Waals surface area (Å²) in [6, 6.07) is 36.5. The standard InChI is InChI=1S/4C9H7NO.B/c4*11-8-5-1-3-7-4-2-6-10-9(7)8;/h4*1-6,11H;. The number of nitrogens with zero attached hydrogens (tertiary/aromatic N) is 4. The molecule has 8 aromatic rings. The van der Waals surface area contributed by atoms with Crippen LogP contribution >= 0.6 is 0 Å². The average Bonchev–Trinajstić information content (AvgIpc) is 3.07. The van der Waals surface area contributed by atoms with Gasteiger partial charge in [0.25, 0.3) is 0 Å². The second-order valence-electron chi connectivity index (χ2n) is 9.41. The molecule has 0 fully saturated rings. The van der Waals surface area contributed by atoms with E-state index in [2.05, 4.69) is 19.9 Å². The zero-order valence-electron chi connectivity index (χ0n) is 24.0. The summed E-state index contributed by atoms with van der Waals surface area (Å²) in [6.07, 6.45) is 6.67. The largest absolute Gasteiger partial charge is 0.506 e. The number of phenols is 4. The first-order valence-corrected chi connectivity index (χ1v) is 13.6. The molecule has 0 spiro atoms. The Morgan fingerprint density at radius 1 is 0.289 bits per heavy atom. The molecule has 0 saturated carbocycles. The van der Waals surface area contributed by atoms with Crippen LogP contribution in [-0.2, 0) is 0 Å². The van der Waals surface area contributed by atoms with Crippen LogP contribution < -0.4 is 0 Å². The molecule has 0 amide bonds. The van der Waals surface area contributed by atoms with Crippen molar-refractivity contribution in [1.82, 2.24) is 19.9 Å². The highest BCUT2D eigenvalue weighted by Gasteiger charge is 1.99. The molecule has 219 valence electrons. The topological polar surface area (TPSA) is 132 Å². The highest BCUT2D eigenvalue weighted by Crippen LogP contribution is 2.23. The van der Waals surface area contributed by atoms with E-state index in [0.717, 1.165) is 21.5 Å². The Kier molecular flexibility index (Phi) is 10.8. The Labute approximate surface area is 261 Å². The fourth-order valence-corrected chi connectivity index (χ4v) is 4.35. The van der Waals surface area contributed by atoms with Crippen molar-refractivity contribution in [2.75, 3.05) is 0 Å². The Morgan fingerprint density at radius 2 is 0.489 bits per heavy atom. The Morgan fingerprint density at radius 3 is 0.689 bits per heavy atom. The van der Waals surface area contributed by atoms with E-state index < -0.39 is 0 Å². The summed E-state index contributed by atoms with van der Waals surface area (Å²) in [6.45, 7) is 0. The van der Waals surface area contributed by atoms with Crippen molar-refractivity contribution in [2.24, 2.45) is 0 Å². The normalized spacial score (nSPS) is 9.96. The maximum atomic E-state index is 9.31. The van der Waals surface area contributed by atoms with Gasteiger partial charge in [-0.05, 0) is 48.5 Å². The number of hydrogen-bond donors (Lipinski definition) is 4. The van der Waals surface area contributed by atoms with E-state index in [9.17, 15) is 20.4 Å². The van der Waals surface area contributed by atoms with Crippen LogP contribution in [0.15, 0.2) is 146 Å². The molecule has 45 heavy (non-hydrogen) atoms. The minimum Gasteiger partial charge on any atom is -0.506 e. The van der Waals surface area contributed by atoms with Gasteiger partial charge in [0.05, 0.1) is 0 Å². The van der Waals surface area contributed by atoms with E-state index in [4.69, 9.17) is 0 Å². The molecule has 8 rings (SSSR count). The molecule has 0 unspecified atom stereocenters. The van der Waals surface area contributed by atoms with Gasteiger partial charge in [-0.3, -0.25) is 19.9 Å². The zero-order valence-corrected chi connectivity index (χ0v) is 24.0. The average molecular weight is 591 g/mol. The molecule has 4 N–H and O–H groups in total. The Hall–Kier alpha value is -6.22. The number of para-hydroxylation sites is 4. The van der Waals surface area contributed by atoms with Crippen molar-refractivity contribution < 1.29 is 20.4 Å². The van der Waals surface area contributed by atoms with Gasteiger partial charge in [-0.1, -0.05) is 72.8 Å². The summed E-state index contributed by atoms with van der Waals surface area (Å²) in [7, 11) is 0. The van der Waals surface area contributed by atoms with Crippen molar-refractivity contribution in [3.8, 4) is 23.0 Å². The lowest BCUT2D eigenvalue weighted by molar-refractivity contribution is 0.480. The lowest BCUT2D eigenvalue weighted by Crippen LogP contribution is -1.76. The number of fused-ring (bicyclic) bond motifs is 4. The summed E-state index contributed by atoms with van der Waals surface area (Å²) in [5.41, 5.74) is 2.65. The van der Waals surface area contributed by atoms with Gasteiger partial charge in [-0.15, -0.1) is 0 Å². The minimum atomic E-state index is 0. The highest BCUT2D eigenvalue weighted by atomic mass is 16.3. The van der Waals surface area contributed by atoms with E-state index in [1.54, 1.807) is 73.3 Å². The van der Waals surface area contributed by atoms with Crippen LogP contribution in [0, 0.1) is 0 Å². The van der Waals surface area contributed by atoms with Gasteiger partial charge in [-0.2, -0.15) is 0 Å². The van der Waals surface area contributed by atoms with Gasteiger partial charge < -0.3 is 20.4 Å². The summed E-state index contributed by atoms with van der Waals surface area (Å²) < 4.78 is 0. The third-order valence-electron chi connectivity index (χ3n) is 6.45. The van der Waals surface area contributed by atoms with E-state index >= 15 is 0 Å². The van der Waals surface area contributed by atoms with E-state index in [1.165, 1.54) is 0 Å². The van der Waals surface area contributed by atoms with Crippen LogP contribution in [0.4, 0.5) is 0 Å². The van der Waals surface area contributed by atoms with Crippen LogP contribution in [0.2, 0.25) is 0 Å². The first kappa shape index (κ1) is 31.7. The molecule has 0 aliphatic carbocycles. The fourth-order valence-electron chi connectivity index (χ4n) is 4.35. The third-order valence-corrected chi connectivity index (χ3v) is 6.45. The smallest absolute Gasteiger partial charge is 0.141 e. The summed E-state index contributed by atoms with van der Waals surface area (Å²) in [5, 5.41) is 41.1. The quantitative estimate of drug-likeness (QED) is 0.134. The molecule has 4 aromatic heterocycles. The minimum absolute atomic E-state index is 0. The van der Waals surface area contributed by atoms with Crippen molar-refractivity contribution in [2.45, 2.75) is 0 Å². The Balaban J connectivity index is 0.000000136. The van der Waals surface area contributed by atoms with Crippen molar-refractivity contribution in [3.05, 3.63) is 146 Å². The van der Waals surface area contributed by atoms with Crippen molar-refractivity contribution >= 4 is 52.0 Å². The molecular formula is C36H28BN4O4. The SMILES string of the molecule is Oc1cccc2cccnc12.Oc1cccc2cccnc12.Oc1cccc2cccnc12.Oc1cccc2cccnc12.[B]. The van der Waals surface area contributed by atoms with Gasteiger partial charge in [0.2, 0.25) is 0 Å². The maximum Gasteiger partial charge on any atom is 0.141 e. The lowest BCUT2D eigenvalue weighted by Gasteiger charge is -1.96. The van der Waals surface area contributed by atoms with E-state index in [1.807, 2.05) is 72.8 Å². The Bertz CT molecular complexity index is 1830. The number of hydrogen-bond acceptors (Lipinski definition) is 8. The summed E-state index contributed by atoms with van der Waals surface area (Å²) >= 11 is 0. The van der Waals surface area contributed by atoms with Crippen molar-refractivity contribution in [3.63, 3.8) is 0 Å².